The third kappa shape index (κ3) is 3.12. The van der Waals surface area contributed by atoms with E-state index in [0.29, 0.717) is 24.0 Å². The minimum absolute atomic E-state index is 0.168. The fourth-order valence-electron chi connectivity index (χ4n) is 5.32. The van der Waals surface area contributed by atoms with Crippen LogP contribution < -0.4 is 0 Å². The van der Waals surface area contributed by atoms with Crippen LogP contribution in [0.3, 0.4) is 0 Å². The van der Waals surface area contributed by atoms with Crippen molar-refractivity contribution in [2.45, 2.75) is 89.8 Å². The molecule has 3 nitrogen and oxygen atoms in total. The predicted octanol–water partition coefficient (Wildman–Crippen LogP) is 3.46. The lowest BCUT2D eigenvalue weighted by Gasteiger charge is -2.54. The van der Waals surface area contributed by atoms with E-state index in [9.17, 15) is 15.0 Å². The third-order valence-electron chi connectivity index (χ3n) is 6.99. The summed E-state index contributed by atoms with van der Waals surface area (Å²) in [6.45, 7) is 2.08. The topological polar surface area (TPSA) is 57.5 Å². The van der Waals surface area contributed by atoms with Crippen LogP contribution in [0, 0.1) is 23.2 Å². The summed E-state index contributed by atoms with van der Waals surface area (Å²) in [7, 11) is 0. The van der Waals surface area contributed by atoms with Crippen LogP contribution in [0.1, 0.15) is 77.6 Å². The first-order valence-electron chi connectivity index (χ1n) is 9.40. The maximum atomic E-state index is 11.9. The number of rotatable bonds is 5. The molecule has 3 rings (SSSR count). The van der Waals surface area contributed by atoms with E-state index >= 15 is 0 Å². The normalized spacial score (nSPS) is 40.9. The summed E-state index contributed by atoms with van der Waals surface area (Å²) in [6, 6.07) is 0. The van der Waals surface area contributed by atoms with Crippen LogP contribution in [0.15, 0.2) is 0 Å². The second-order valence-corrected chi connectivity index (χ2v) is 8.39. The van der Waals surface area contributed by atoms with E-state index in [-0.39, 0.29) is 23.5 Å². The van der Waals surface area contributed by atoms with Crippen molar-refractivity contribution < 1.29 is 15.0 Å². The zero-order chi connectivity index (χ0) is 15.7. The van der Waals surface area contributed by atoms with E-state index in [1.807, 2.05) is 0 Å². The molecule has 0 spiro atoms. The maximum absolute atomic E-state index is 11.9. The van der Waals surface area contributed by atoms with Gasteiger partial charge >= 0.3 is 0 Å². The van der Waals surface area contributed by atoms with Crippen molar-refractivity contribution in [1.29, 1.82) is 0 Å². The van der Waals surface area contributed by atoms with Crippen molar-refractivity contribution in [1.82, 2.24) is 0 Å². The lowest BCUT2D eigenvalue weighted by Crippen LogP contribution is -2.57. The van der Waals surface area contributed by atoms with Crippen LogP contribution in [0.5, 0.6) is 0 Å². The van der Waals surface area contributed by atoms with Gasteiger partial charge in [0.05, 0.1) is 12.2 Å². The standard InChI is InChI=1S/C19H32O3/c1-19-10-9-17(21)15(16(19)12-18(19)22)8-7-14(20)11-13-5-3-2-4-6-13/h13-17,20-21H,2-12H2,1H3/t14-,15+,16+,17+,19-/m1/s1. The molecular formula is C19H32O3. The van der Waals surface area contributed by atoms with E-state index in [1.165, 1.54) is 32.1 Å². The molecule has 3 aliphatic rings. The van der Waals surface area contributed by atoms with Crippen LogP contribution in [-0.4, -0.2) is 28.2 Å². The van der Waals surface area contributed by atoms with Crippen molar-refractivity contribution in [2.75, 3.05) is 0 Å². The molecule has 0 bridgehead atoms. The Labute approximate surface area is 134 Å². The summed E-state index contributed by atoms with van der Waals surface area (Å²) in [5, 5.41) is 20.7. The highest BCUT2D eigenvalue weighted by Crippen LogP contribution is 2.56. The molecule has 126 valence electrons. The highest BCUT2D eigenvalue weighted by atomic mass is 16.3. The van der Waals surface area contributed by atoms with Gasteiger partial charge in [-0.3, -0.25) is 4.79 Å². The van der Waals surface area contributed by atoms with E-state index < -0.39 is 0 Å². The fourth-order valence-corrected chi connectivity index (χ4v) is 5.32. The molecule has 3 heteroatoms. The van der Waals surface area contributed by atoms with Gasteiger partial charge in [-0.25, -0.2) is 0 Å². The van der Waals surface area contributed by atoms with Gasteiger partial charge in [-0.15, -0.1) is 0 Å². The van der Waals surface area contributed by atoms with Crippen LogP contribution >= 0.6 is 0 Å². The fraction of sp³-hybridized carbons (Fsp3) is 0.947. The van der Waals surface area contributed by atoms with Crippen molar-refractivity contribution in [3.05, 3.63) is 0 Å². The lowest BCUT2D eigenvalue weighted by atomic mass is 9.49. The SMILES string of the molecule is C[C@@]12CC[C@H](O)[C@@H](CC[C@@H](O)CC3CCCCC3)[C@@H]1CC2=O. The first-order chi connectivity index (χ1) is 10.5. The highest BCUT2D eigenvalue weighted by molar-refractivity contribution is 5.91. The Morgan fingerprint density at radius 3 is 2.64 bits per heavy atom. The molecule has 0 radical (unpaired) electrons. The summed E-state index contributed by atoms with van der Waals surface area (Å²) in [5.41, 5.74) is -0.168. The molecule has 0 aromatic carbocycles. The van der Waals surface area contributed by atoms with Gasteiger partial charge in [0.15, 0.2) is 0 Å². The van der Waals surface area contributed by atoms with Gasteiger partial charge < -0.3 is 10.2 Å². The van der Waals surface area contributed by atoms with E-state index in [4.69, 9.17) is 0 Å². The number of Topliss-reactive ketones (excluding diaryl/α,β-unsaturated/α-hetero) is 1. The van der Waals surface area contributed by atoms with Crippen LogP contribution in [0.25, 0.3) is 0 Å². The van der Waals surface area contributed by atoms with Gasteiger partial charge in [0, 0.05) is 11.8 Å². The largest absolute Gasteiger partial charge is 0.393 e. The molecule has 3 aliphatic carbocycles. The number of carbonyl (C=O) groups excluding carboxylic acids is 1. The smallest absolute Gasteiger partial charge is 0.139 e. The van der Waals surface area contributed by atoms with Crippen molar-refractivity contribution in [2.24, 2.45) is 23.2 Å². The van der Waals surface area contributed by atoms with Gasteiger partial charge in [-0.05, 0) is 49.9 Å². The summed E-state index contributed by atoms with van der Waals surface area (Å²) in [4.78, 5) is 11.9. The molecule has 5 atom stereocenters. The maximum Gasteiger partial charge on any atom is 0.139 e. The van der Waals surface area contributed by atoms with Crippen molar-refractivity contribution in [3.63, 3.8) is 0 Å². The zero-order valence-corrected chi connectivity index (χ0v) is 14.0. The Hall–Kier alpha value is -0.410. The summed E-state index contributed by atoms with van der Waals surface area (Å²) in [6.07, 6.45) is 10.9. The monoisotopic (exact) mass is 308 g/mol. The first kappa shape index (κ1) is 16.4. The van der Waals surface area contributed by atoms with Crippen LogP contribution in [0.4, 0.5) is 0 Å². The quantitative estimate of drug-likeness (QED) is 0.817. The Bertz CT molecular complexity index is 401. The van der Waals surface area contributed by atoms with Gasteiger partial charge in [0.2, 0.25) is 0 Å². The zero-order valence-electron chi connectivity index (χ0n) is 14.0. The second-order valence-electron chi connectivity index (χ2n) is 8.39. The minimum atomic E-state index is -0.270. The second kappa shape index (κ2) is 6.60. The molecule has 2 N–H and O–H groups in total. The summed E-state index contributed by atoms with van der Waals surface area (Å²) in [5.74, 6) is 1.66. The van der Waals surface area contributed by atoms with Gasteiger partial charge in [-0.1, -0.05) is 39.0 Å². The number of hydrogen-bond acceptors (Lipinski definition) is 3. The van der Waals surface area contributed by atoms with Gasteiger partial charge in [0.25, 0.3) is 0 Å². The molecule has 0 aromatic heterocycles. The molecule has 0 unspecified atom stereocenters. The number of ketones is 1. The Morgan fingerprint density at radius 1 is 1.23 bits per heavy atom. The lowest BCUT2D eigenvalue weighted by molar-refractivity contribution is -0.161. The Morgan fingerprint density at radius 2 is 1.95 bits per heavy atom. The molecule has 3 fully saturated rings. The number of aliphatic hydroxyl groups excluding tert-OH is 2. The number of hydrogen-bond donors (Lipinski definition) is 2. The van der Waals surface area contributed by atoms with Crippen LogP contribution in [0.2, 0.25) is 0 Å². The average Bonchev–Trinajstić information content (AvgIpc) is 2.51. The van der Waals surface area contributed by atoms with E-state index in [0.717, 1.165) is 32.1 Å². The summed E-state index contributed by atoms with van der Waals surface area (Å²) < 4.78 is 0. The van der Waals surface area contributed by atoms with Gasteiger partial charge in [0.1, 0.15) is 5.78 Å². The van der Waals surface area contributed by atoms with Crippen molar-refractivity contribution in [3.8, 4) is 0 Å². The molecule has 22 heavy (non-hydrogen) atoms. The van der Waals surface area contributed by atoms with Crippen LogP contribution in [-0.2, 0) is 4.79 Å². The number of aliphatic hydroxyl groups is 2. The van der Waals surface area contributed by atoms with Gasteiger partial charge in [-0.2, -0.15) is 0 Å². The molecular weight excluding hydrogens is 276 g/mol. The van der Waals surface area contributed by atoms with E-state index in [2.05, 4.69) is 6.92 Å². The number of fused-ring (bicyclic) bond motifs is 1. The average molecular weight is 308 g/mol. The van der Waals surface area contributed by atoms with E-state index in [1.54, 1.807) is 0 Å². The molecule has 0 aliphatic heterocycles. The summed E-state index contributed by atoms with van der Waals surface area (Å²) >= 11 is 0. The first-order valence-corrected chi connectivity index (χ1v) is 9.40. The predicted molar refractivity (Wildman–Crippen MR) is 86.4 cm³/mol. The Kier molecular flexibility index (Phi) is 4.94. The molecule has 0 aromatic rings. The Balaban J connectivity index is 1.48. The third-order valence-corrected chi connectivity index (χ3v) is 6.99. The molecule has 0 amide bonds. The number of carbonyl (C=O) groups is 1. The van der Waals surface area contributed by atoms with Crippen molar-refractivity contribution >= 4 is 5.78 Å². The molecule has 0 saturated heterocycles. The molecule has 3 saturated carbocycles. The highest BCUT2D eigenvalue weighted by Gasteiger charge is 2.57. The molecule has 0 heterocycles. The minimum Gasteiger partial charge on any atom is -0.393 e.